The van der Waals surface area contributed by atoms with Crippen LogP contribution >= 0.6 is 0 Å². The highest BCUT2D eigenvalue weighted by Crippen LogP contribution is 2.29. The lowest BCUT2D eigenvalue weighted by Gasteiger charge is -2.31. The Bertz CT molecular complexity index is 385. The van der Waals surface area contributed by atoms with Gasteiger partial charge in [0.05, 0.1) is 0 Å². The summed E-state index contributed by atoms with van der Waals surface area (Å²) in [4.78, 5) is 4.79. The second kappa shape index (κ2) is 6.40. The maximum absolute atomic E-state index is 3.32. The first-order chi connectivity index (χ1) is 9.13. The topological polar surface area (TPSA) is 18.5 Å². The Morgan fingerprint density at radius 2 is 2.00 bits per heavy atom. The van der Waals surface area contributed by atoms with Crippen LogP contribution in [0.3, 0.4) is 0 Å². The minimum absolute atomic E-state index is 0.511. The zero-order chi connectivity index (χ0) is 13.8. The van der Waals surface area contributed by atoms with E-state index in [1.54, 1.807) is 0 Å². The molecule has 0 aromatic heterocycles. The third-order valence-corrected chi connectivity index (χ3v) is 4.25. The van der Waals surface area contributed by atoms with Gasteiger partial charge in [0.2, 0.25) is 0 Å². The molecule has 0 saturated carbocycles. The Kier molecular flexibility index (Phi) is 4.83. The van der Waals surface area contributed by atoms with Gasteiger partial charge in [-0.05, 0) is 51.1 Å². The molecule has 0 amide bonds. The molecule has 0 spiro atoms. The summed E-state index contributed by atoms with van der Waals surface area (Å²) < 4.78 is 0. The number of rotatable bonds is 5. The van der Waals surface area contributed by atoms with Gasteiger partial charge >= 0.3 is 0 Å². The summed E-state index contributed by atoms with van der Waals surface area (Å²) >= 11 is 0. The summed E-state index contributed by atoms with van der Waals surface area (Å²) in [5.74, 6) is 0. The van der Waals surface area contributed by atoms with Crippen molar-refractivity contribution < 1.29 is 0 Å². The zero-order valence-electron chi connectivity index (χ0n) is 12.7. The average Bonchev–Trinajstić information content (AvgIpc) is 2.87. The van der Waals surface area contributed by atoms with E-state index in [-0.39, 0.29) is 0 Å². The van der Waals surface area contributed by atoms with E-state index >= 15 is 0 Å². The number of likely N-dealkylation sites (tertiary alicyclic amines) is 1. The lowest BCUT2D eigenvalue weighted by atomic mass is 10.1. The molecule has 19 heavy (non-hydrogen) atoms. The molecule has 3 nitrogen and oxygen atoms in total. The molecule has 0 bridgehead atoms. The molecule has 2 rings (SSSR count). The molecule has 1 N–H and O–H groups in total. The maximum atomic E-state index is 3.32. The first-order valence-electron chi connectivity index (χ1n) is 7.31. The summed E-state index contributed by atoms with van der Waals surface area (Å²) in [5.41, 5.74) is 2.69. The Morgan fingerprint density at radius 1 is 1.32 bits per heavy atom. The fourth-order valence-electron chi connectivity index (χ4n) is 3.07. The second-order valence-electron chi connectivity index (χ2n) is 5.75. The number of benzene rings is 1. The van der Waals surface area contributed by atoms with E-state index in [9.17, 15) is 0 Å². The summed E-state index contributed by atoms with van der Waals surface area (Å²) in [5, 5.41) is 3.32. The molecular weight excluding hydrogens is 234 g/mol. The molecular formula is C16H27N3. The fraction of sp³-hybridized carbons (Fsp3) is 0.625. The first-order valence-corrected chi connectivity index (χ1v) is 7.31. The Labute approximate surface area is 117 Å². The molecule has 1 aromatic rings. The zero-order valence-corrected chi connectivity index (χ0v) is 12.7. The van der Waals surface area contributed by atoms with Crippen molar-refractivity contribution in [2.45, 2.75) is 31.8 Å². The van der Waals surface area contributed by atoms with E-state index in [4.69, 9.17) is 0 Å². The predicted molar refractivity (Wildman–Crippen MR) is 82.8 cm³/mol. The molecule has 1 heterocycles. The van der Waals surface area contributed by atoms with Gasteiger partial charge in [-0.1, -0.05) is 12.1 Å². The number of likely N-dealkylation sites (N-methyl/N-ethyl adjacent to an activating group) is 1. The van der Waals surface area contributed by atoms with Gasteiger partial charge in [-0.3, -0.25) is 4.90 Å². The van der Waals surface area contributed by atoms with Crippen LogP contribution < -0.4 is 10.2 Å². The van der Waals surface area contributed by atoms with Gasteiger partial charge in [-0.25, -0.2) is 0 Å². The number of nitrogens with one attached hydrogen (secondary N) is 1. The van der Waals surface area contributed by atoms with Crippen molar-refractivity contribution in [3.05, 3.63) is 29.8 Å². The quantitative estimate of drug-likeness (QED) is 0.878. The lowest BCUT2D eigenvalue weighted by Crippen LogP contribution is -2.38. The maximum Gasteiger partial charge on any atom is 0.0361 e. The summed E-state index contributed by atoms with van der Waals surface area (Å²) in [6, 6.07) is 10.2. The van der Waals surface area contributed by atoms with Crippen molar-refractivity contribution >= 4 is 5.69 Å². The second-order valence-corrected chi connectivity index (χ2v) is 5.75. The largest absolute Gasteiger partial charge is 0.378 e. The number of nitrogens with zero attached hydrogens (tertiary/aromatic N) is 2. The van der Waals surface area contributed by atoms with Crippen LogP contribution in [0, 0.1) is 0 Å². The normalized spacial score (nSPS) is 21.6. The van der Waals surface area contributed by atoms with Gasteiger partial charge in [-0.2, -0.15) is 0 Å². The fourth-order valence-corrected chi connectivity index (χ4v) is 3.07. The van der Waals surface area contributed by atoms with E-state index in [0.717, 1.165) is 6.54 Å². The Morgan fingerprint density at radius 3 is 2.58 bits per heavy atom. The number of hydrogen-bond donors (Lipinski definition) is 1. The van der Waals surface area contributed by atoms with E-state index in [2.05, 4.69) is 60.4 Å². The highest BCUT2D eigenvalue weighted by atomic mass is 15.2. The predicted octanol–water partition coefficient (Wildman–Crippen LogP) is 2.50. The highest BCUT2D eigenvalue weighted by molar-refractivity contribution is 5.46. The minimum atomic E-state index is 0.511. The van der Waals surface area contributed by atoms with Crippen LogP contribution in [0.15, 0.2) is 24.3 Å². The minimum Gasteiger partial charge on any atom is -0.378 e. The van der Waals surface area contributed by atoms with Crippen LogP contribution in [0.25, 0.3) is 0 Å². The van der Waals surface area contributed by atoms with Crippen LogP contribution in [0.5, 0.6) is 0 Å². The molecule has 1 saturated heterocycles. The van der Waals surface area contributed by atoms with Crippen molar-refractivity contribution in [1.82, 2.24) is 10.2 Å². The summed E-state index contributed by atoms with van der Waals surface area (Å²) in [6.45, 7) is 4.65. The summed E-state index contributed by atoms with van der Waals surface area (Å²) in [7, 11) is 6.22. The Balaban J connectivity index is 2.08. The SMILES string of the molecule is CNCC1CCCN1C(C)c1ccc(N(C)C)cc1. The van der Waals surface area contributed by atoms with Crippen molar-refractivity contribution in [3.8, 4) is 0 Å². The highest BCUT2D eigenvalue weighted by Gasteiger charge is 2.28. The van der Waals surface area contributed by atoms with Crippen molar-refractivity contribution in [2.24, 2.45) is 0 Å². The van der Waals surface area contributed by atoms with Crippen LogP contribution in [-0.4, -0.2) is 45.2 Å². The van der Waals surface area contributed by atoms with Crippen molar-refractivity contribution in [3.63, 3.8) is 0 Å². The Hall–Kier alpha value is -1.06. The van der Waals surface area contributed by atoms with Crippen LogP contribution in [0.4, 0.5) is 5.69 Å². The molecule has 2 atom stereocenters. The van der Waals surface area contributed by atoms with Gasteiger partial charge in [0.1, 0.15) is 0 Å². The molecule has 0 aliphatic carbocycles. The molecule has 2 unspecified atom stereocenters. The molecule has 106 valence electrons. The molecule has 1 aliphatic heterocycles. The van der Waals surface area contributed by atoms with E-state index in [1.165, 1.54) is 30.6 Å². The van der Waals surface area contributed by atoms with Crippen molar-refractivity contribution in [1.29, 1.82) is 0 Å². The van der Waals surface area contributed by atoms with Crippen LogP contribution in [0.2, 0.25) is 0 Å². The van der Waals surface area contributed by atoms with Gasteiger partial charge in [0.15, 0.2) is 0 Å². The third kappa shape index (κ3) is 3.28. The van der Waals surface area contributed by atoms with E-state index in [1.807, 2.05) is 7.05 Å². The first kappa shape index (κ1) is 14.4. The summed E-state index contributed by atoms with van der Waals surface area (Å²) in [6.07, 6.45) is 2.65. The third-order valence-electron chi connectivity index (χ3n) is 4.25. The van der Waals surface area contributed by atoms with Gasteiger partial charge in [0, 0.05) is 38.4 Å². The molecule has 1 aliphatic rings. The van der Waals surface area contributed by atoms with Crippen LogP contribution in [0.1, 0.15) is 31.4 Å². The number of anilines is 1. The van der Waals surface area contributed by atoms with Crippen LogP contribution in [-0.2, 0) is 0 Å². The van der Waals surface area contributed by atoms with E-state index < -0.39 is 0 Å². The standard InChI is InChI=1S/C16H27N3/c1-13(19-11-5-6-16(19)12-17-2)14-7-9-15(10-8-14)18(3)4/h7-10,13,16-17H,5-6,11-12H2,1-4H3. The molecule has 1 fully saturated rings. The van der Waals surface area contributed by atoms with Crippen molar-refractivity contribution in [2.75, 3.05) is 39.1 Å². The molecule has 1 aromatic carbocycles. The molecule has 0 radical (unpaired) electrons. The van der Waals surface area contributed by atoms with E-state index in [0.29, 0.717) is 12.1 Å². The monoisotopic (exact) mass is 261 g/mol. The number of hydrogen-bond acceptors (Lipinski definition) is 3. The van der Waals surface area contributed by atoms with Gasteiger partial charge in [-0.15, -0.1) is 0 Å². The van der Waals surface area contributed by atoms with Gasteiger partial charge in [0.25, 0.3) is 0 Å². The average molecular weight is 261 g/mol. The molecule has 3 heteroatoms. The lowest BCUT2D eigenvalue weighted by molar-refractivity contribution is 0.191. The smallest absolute Gasteiger partial charge is 0.0361 e. The van der Waals surface area contributed by atoms with Gasteiger partial charge < -0.3 is 10.2 Å².